The van der Waals surface area contributed by atoms with E-state index in [1.807, 2.05) is 24.3 Å². The highest BCUT2D eigenvalue weighted by atomic mass is 16.5. The van der Waals surface area contributed by atoms with Gasteiger partial charge in [-0.1, -0.05) is 102 Å². The van der Waals surface area contributed by atoms with Gasteiger partial charge in [-0.25, -0.2) is 0 Å². The fraction of sp³-hybridized carbons (Fsp3) is 0.571. The zero-order valence-electron chi connectivity index (χ0n) is 19.6. The van der Waals surface area contributed by atoms with Gasteiger partial charge >= 0.3 is 0 Å². The van der Waals surface area contributed by atoms with Gasteiger partial charge in [0.15, 0.2) is 0 Å². The van der Waals surface area contributed by atoms with Crippen LogP contribution in [-0.2, 0) is 13.2 Å². The predicted octanol–water partition coefficient (Wildman–Crippen LogP) is 7.87. The normalized spacial score (nSPS) is 10.9. The summed E-state index contributed by atoms with van der Waals surface area (Å²) in [6.07, 6.45) is 16.4. The number of hydrogen-bond acceptors (Lipinski definition) is 3. The highest BCUT2D eigenvalue weighted by Crippen LogP contribution is 2.16. The molecule has 2 N–H and O–H groups in total. The molecule has 0 aliphatic carbocycles. The van der Waals surface area contributed by atoms with Crippen LogP contribution >= 0.6 is 0 Å². The molecular formula is C28H43NO2. The van der Waals surface area contributed by atoms with Crippen LogP contribution in [0.1, 0.15) is 95.1 Å². The Morgan fingerprint density at radius 2 is 1.16 bits per heavy atom. The number of hydrogen-bond donors (Lipinski definition) is 2. The summed E-state index contributed by atoms with van der Waals surface area (Å²) < 4.78 is 5.90. The summed E-state index contributed by atoms with van der Waals surface area (Å²) in [4.78, 5) is 0. The molecule has 0 aromatic heterocycles. The second-order valence-corrected chi connectivity index (χ2v) is 8.59. The van der Waals surface area contributed by atoms with E-state index in [1.54, 1.807) is 0 Å². The van der Waals surface area contributed by atoms with Crippen molar-refractivity contribution in [3.05, 3.63) is 59.7 Å². The Hall–Kier alpha value is -2.00. The van der Waals surface area contributed by atoms with E-state index in [1.165, 1.54) is 76.2 Å². The highest BCUT2D eigenvalue weighted by Gasteiger charge is 1.98. The first-order valence-corrected chi connectivity index (χ1v) is 12.5. The maximum absolute atomic E-state index is 9.10. The van der Waals surface area contributed by atoms with E-state index in [0.29, 0.717) is 0 Å². The van der Waals surface area contributed by atoms with E-state index in [2.05, 4.69) is 36.5 Å². The van der Waals surface area contributed by atoms with Gasteiger partial charge in [0.05, 0.1) is 13.2 Å². The first-order chi connectivity index (χ1) is 15.3. The molecule has 2 rings (SSSR count). The molecule has 3 heteroatoms. The minimum absolute atomic E-state index is 0.0843. The molecule has 2 aromatic rings. The molecule has 0 aliphatic rings. The van der Waals surface area contributed by atoms with E-state index in [4.69, 9.17) is 9.84 Å². The zero-order chi connectivity index (χ0) is 22.0. The molecular weight excluding hydrogens is 382 g/mol. The molecule has 0 aliphatic heterocycles. The van der Waals surface area contributed by atoms with Crippen LogP contribution in [-0.4, -0.2) is 11.7 Å². The summed E-state index contributed by atoms with van der Waals surface area (Å²) >= 11 is 0. The Bertz CT molecular complexity index is 666. The molecule has 0 amide bonds. The van der Waals surface area contributed by atoms with Gasteiger partial charge in [0, 0.05) is 12.2 Å². The number of nitrogens with one attached hydrogen (secondary N) is 1. The van der Waals surface area contributed by atoms with Gasteiger partial charge in [-0.2, -0.15) is 0 Å². The van der Waals surface area contributed by atoms with Crippen LogP contribution in [0.2, 0.25) is 0 Å². The first-order valence-electron chi connectivity index (χ1n) is 12.5. The summed E-state index contributed by atoms with van der Waals surface area (Å²) in [5.41, 5.74) is 3.22. The topological polar surface area (TPSA) is 41.5 Å². The minimum Gasteiger partial charge on any atom is -0.494 e. The van der Waals surface area contributed by atoms with E-state index in [-0.39, 0.29) is 6.61 Å². The van der Waals surface area contributed by atoms with E-state index < -0.39 is 0 Å². The lowest BCUT2D eigenvalue weighted by Gasteiger charge is -2.09. The van der Waals surface area contributed by atoms with Gasteiger partial charge < -0.3 is 15.2 Å². The van der Waals surface area contributed by atoms with Crippen molar-refractivity contribution in [1.29, 1.82) is 0 Å². The summed E-state index contributed by atoms with van der Waals surface area (Å²) in [6.45, 7) is 3.95. The van der Waals surface area contributed by atoms with E-state index in [9.17, 15) is 0 Å². The third-order valence-corrected chi connectivity index (χ3v) is 5.82. The predicted molar refractivity (Wildman–Crippen MR) is 133 cm³/mol. The summed E-state index contributed by atoms with van der Waals surface area (Å²) in [5, 5.41) is 12.5. The Kier molecular flexibility index (Phi) is 13.6. The van der Waals surface area contributed by atoms with Crippen LogP contribution in [0.15, 0.2) is 48.5 Å². The van der Waals surface area contributed by atoms with Crippen molar-refractivity contribution in [3.63, 3.8) is 0 Å². The van der Waals surface area contributed by atoms with Crippen LogP contribution in [0.4, 0.5) is 5.69 Å². The average Bonchev–Trinajstić information content (AvgIpc) is 2.82. The van der Waals surface area contributed by atoms with Gasteiger partial charge in [-0.15, -0.1) is 0 Å². The molecule has 0 atom stereocenters. The third kappa shape index (κ3) is 11.8. The van der Waals surface area contributed by atoms with Crippen LogP contribution in [0.3, 0.4) is 0 Å². The van der Waals surface area contributed by atoms with Crippen molar-refractivity contribution in [3.8, 4) is 5.75 Å². The number of aliphatic hydroxyl groups excluding tert-OH is 1. The molecule has 2 aromatic carbocycles. The number of anilines is 1. The molecule has 0 fully saturated rings. The van der Waals surface area contributed by atoms with Gasteiger partial charge in [0.2, 0.25) is 0 Å². The highest BCUT2D eigenvalue weighted by molar-refractivity contribution is 5.45. The fourth-order valence-corrected chi connectivity index (χ4v) is 3.77. The van der Waals surface area contributed by atoms with Crippen molar-refractivity contribution in [2.24, 2.45) is 0 Å². The molecule has 0 heterocycles. The average molecular weight is 426 g/mol. The SMILES string of the molecule is CCCCCCCCCCCCCCOc1ccc(CNc2ccc(CO)cc2)cc1. The van der Waals surface area contributed by atoms with Gasteiger partial charge in [-0.3, -0.25) is 0 Å². The lowest BCUT2D eigenvalue weighted by atomic mass is 10.1. The molecule has 0 radical (unpaired) electrons. The fourth-order valence-electron chi connectivity index (χ4n) is 3.77. The van der Waals surface area contributed by atoms with Gasteiger partial charge in [0.1, 0.15) is 5.75 Å². The van der Waals surface area contributed by atoms with Crippen molar-refractivity contribution < 1.29 is 9.84 Å². The van der Waals surface area contributed by atoms with Crippen molar-refractivity contribution in [2.75, 3.05) is 11.9 Å². The first kappa shape index (κ1) is 25.3. The summed E-state index contributed by atoms with van der Waals surface area (Å²) in [6, 6.07) is 16.2. The number of benzene rings is 2. The largest absolute Gasteiger partial charge is 0.494 e. The number of unbranched alkanes of at least 4 members (excludes halogenated alkanes) is 11. The molecule has 3 nitrogen and oxygen atoms in total. The zero-order valence-corrected chi connectivity index (χ0v) is 19.6. The van der Waals surface area contributed by atoms with Crippen LogP contribution in [0.25, 0.3) is 0 Å². The molecule has 0 saturated carbocycles. The van der Waals surface area contributed by atoms with Gasteiger partial charge in [-0.05, 0) is 41.8 Å². The Balaban J connectivity index is 1.46. The number of rotatable bonds is 18. The smallest absolute Gasteiger partial charge is 0.119 e. The second kappa shape index (κ2) is 16.7. The van der Waals surface area contributed by atoms with Crippen LogP contribution < -0.4 is 10.1 Å². The van der Waals surface area contributed by atoms with E-state index in [0.717, 1.165) is 36.6 Å². The second-order valence-electron chi connectivity index (χ2n) is 8.59. The maximum Gasteiger partial charge on any atom is 0.119 e. The van der Waals surface area contributed by atoms with E-state index >= 15 is 0 Å². The Labute approximate surface area is 190 Å². The third-order valence-electron chi connectivity index (χ3n) is 5.82. The van der Waals surface area contributed by atoms with Crippen molar-refractivity contribution >= 4 is 5.69 Å². The quantitative estimate of drug-likeness (QED) is 0.239. The Morgan fingerprint density at radius 1 is 0.645 bits per heavy atom. The maximum atomic E-state index is 9.10. The molecule has 0 spiro atoms. The summed E-state index contributed by atoms with van der Waals surface area (Å²) in [5.74, 6) is 0.958. The summed E-state index contributed by atoms with van der Waals surface area (Å²) in [7, 11) is 0. The van der Waals surface area contributed by atoms with Gasteiger partial charge in [0.25, 0.3) is 0 Å². The van der Waals surface area contributed by atoms with Crippen molar-refractivity contribution in [2.45, 2.75) is 97.1 Å². The molecule has 0 bridgehead atoms. The van der Waals surface area contributed by atoms with Crippen LogP contribution in [0.5, 0.6) is 5.75 Å². The number of ether oxygens (including phenoxy) is 1. The monoisotopic (exact) mass is 425 g/mol. The standard InChI is InChI=1S/C28H43NO2/c1-2-3-4-5-6-7-8-9-10-11-12-13-22-31-28-20-16-25(17-21-28)23-29-27-18-14-26(24-30)15-19-27/h14-21,29-30H,2-13,22-24H2,1H3. The minimum atomic E-state index is 0.0843. The molecule has 0 unspecified atom stereocenters. The van der Waals surface area contributed by atoms with Crippen LogP contribution in [0, 0.1) is 0 Å². The Morgan fingerprint density at radius 3 is 1.71 bits per heavy atom. The molecule has 172 valence electrons. The van der Waals surface area contributed by atoms with Crippen molar-refractivity contribution in [1.82, 2.24) is 0 Å². The lowest BCUT2D eigenvalue weighted by Crippen LogP contribution is -2.00. The molecule has 31 heavy (non-hydrogen) atoms. The molecule has 0 saturated heterocycles. The number of aliphatic hydroxyl groups is 1. The lowest BCUT2D eigenvalue weighted by molar-refractivity contribution is 0.282.